The standard InChI is InChI=1S/C23H33N7O5Si.C13H25NO4Si.C12H12N6O3.CH4/c1-14(35-36(6,7)23(2,3)4)19-17(26-21(19)32)12-18(31)20(27-24)22(33)30(5)34-13-15-8-10-16(11-9-15)28-29-25;1-8(18-19(6,7)13(3,4)5)10-11(16)14-12(10)17-9(2)15;1-8(19)11(15-13)12(20)18(2)21-7-9-3-5-10(6-4-9)16-17-14;/h8-11,14,17,19H,12-13H2,1-7H3,(H,26,32);8,10,12H,1-7H3,(H,14,16);3-6H,7H2,1-2H3;1H4/t14-,17-,19-;8-,10+,12-;;/m11../s1. The molecule has 0 bridgehead atoms. The zero-order valence-corrected chi connectivity index (χ0v) is 48.0. The van der Waals surface area contributed by atoms with E-state index in [1.165, 1.54) is 21.0 Å². The van der Waals surface area contributed by atoms with Gasteiger partial charge in [-0.05, 0) is 72.3 Å². The molecule has 2 fully saturated rings. The first-order valence-electron chi connectivity index (χ1n) is 23.9. The van der Waals surface area contributed by atoms with Crippen molar-refractivity contribution in [3.63, 3.8) is 0 Å². The zero-order chi connectivity index (χ0) is 58.1. The third-order valence-electron chi connectivity index (χ3n) is 13.1. The minimum Gasteiger partial charge on any atom is -0.441 e. The molecule has 0 unspecified atom stereocenters. The van der Waals surface area contributed by atoms with Crippen molar-refractivity contribution in [2.75, 3.05) is 14.1 Å². The number of hydroxylamine groups is 4. The van der Waals surface area contributed by atoms with Crippen LogP contribution in [0.2, 0.25) is 36.3 Å². The Bertz CT molecular complexity index is 2670. The first kappa shape index (κ1) is 67.8. The second-order valence-corrected chi connectivity index (χ2v) is 30.3. The van der Waals surface area contributed by atoms with Gasteiger partial charge in [-0.15, -0.1) is 0 Å². The molecular weight excluding hydrogens is 1030 g/mol. The van der Waals surface area contributed by atoms with Crippen molar-refractivity contribution in [1.29, 1.82) is 0 Å². The molecule has 420 valence electrons. The number of azide groups is 2. The van der Waals surface area contributed by atoms with E-state index >= 15 is 0 Å². The third-order valence-corrected chi connectivity index (χ3v) is 22.2. The van der Waals surface area contributed by atoms with Crippen LogP contribution in [0.4, 0.5) is 11.4 Å². The number of carbonyl (C=O) groups is 7. The van der Waals surface area contributed by atoms with Gasteiger partial charge in [-0.25, -0.2) is 10.1 Å². The summed E-state index contributed by atoms with van der Waals surface area (Å²) in [5.74, 6) is -4.87. The number of carbonyl (C=O) groups excluding carboxylic acids is 7. The van der Waals surface area contributed by atoms with Gasteiger partial charge in [0.15, 0.2) is 22.9 Å². The Kier molecular flexibility index (Phi) is 25.8. The minimum absolute atomic E-state index is 0. The number of nitrogens with zero attached hydrogens (tertiary/aromatic N) is 12. The Morgan fingerprint density at radius 2 is 1.03 bits per heavy atom. The average molecular weight is 1110 g/mol. The molecule has 26 nitrogen and oxygen atoms in total. The van der Waals surface area contributed by atoms with E-state index in [1.807, 2.05) is 13.8 Å². The summed E-state index contributed by atoms with van der Waals surface area (Å²) in [6.45, 7) is 27.3. The first-order valence-corrected chi connectivity index (χ1v) is 29.7. The summed E-state index contributed by atoms with van der Waals surface area (Å²) < 4.78 is 17.6. The van der Waals surface area contributed by atoms with Crippen molar-refractivity contribution in [2.24, 2.45) is 22.1 Å². The number of rotatable bonds is 21. The maximum absolute atomic E-state index is 12.8. The molecule has 2 saturated heterocycles. The van der Waals surface area contributed by atoms with E-state index in [0.717, 1.165) is 22.6 Å². The lowest BCUT2D eigenvalue weighted by molar-refractivity contribution is -0.179. The molecular formula is C49H74N14O12Si2. The van der Waals surface area contributed by atoms with Gasteiger partial charge in [0.1, 0.15) is 19.1 Å². The van der Waals surface area contributed by atoms with Gasteiger partial charge in [-0.3, -0.25) is 43.2 Å². The SMILES string of the molecule is C.CC(=O)C(=[N+]=[N-])C(=O)N(C)OCc1ccc(N=[N+]=[N-])cc1.CC(=O)O[C@H]1NC(=O)[C@@H]1[C@@H](C)O[Si](C)(C)C(C)(C)C.C[C@@H](O[Si](C)(C)C(C)(C)C)[C@H]1C(=O)N[C@@H]1CC(=O)C(=[N+]=[N-])C(=O)N(C)OCc1ccc(N=[N+]=[N-])cc1. The number of β-lactam (4-membered cyclic amide) rings is 2. The Labute approximate surface area is 451 Å². The second kappa shape index (κ2) is 29.3. The average Bonchev–Trinajstić information content (AvgIpc) is 3.30. The number of hydrogen-bond acceptors (Lipinski definition) is 14. The predicted octanol–water partition coefficient (Wildman–Crippen LogP) is 8.12. The summed E-state index contributed by atoms with van der Waals surface area (Å²) in [6.07, 6.45) is -1.44. The number of esters is 1. The highest BCUT2D eigenvalue weighted by molar-refractivity contribution is 6.74. The maximum Gasteiger partial charge on any atom is 0.424 e. The molecule has 0 saturated carbocycles. The van der Waals surface area contributed by atoms with E-state index in [0.29, 0.717) is 16.9 Å². The van der Waals surface area contributed by atoms with E-state index in [-0.39, 0.29) is 55.1 Å². The molecule has 2 aromatic rings. The lowest BCUT2D eigenvalue weighted by atomic mass is 9.82. The van der Waals surface area contributed by atoms with Crippen molar-refractivity contribution in [3.8, 4) is 0 Å². The molecule has 2 N–H and O–H groups in total. The molecule has 77 heavy (non-hydrogen) atoms. The zero-order valence-electron chi connectivity index (χ0n) is 46.0. The molecule has 4 amide bonds. The number of Topliss-reactive ketones (excluding diaryl/α,β-unsaturated/α-hetero) is 2. The van der Waals surface area contributed by atoms with Crippen LogP contribution in [-0.4, -0.2) is 128 Å². The molecule has 0 aromatic heterocycles. The summed E-state index contributed by atoms with van der Waals surface area (Å²) >= 11 is 0. The Balaban J connectivity index is 0.000000618. The summed E-state index contributed by atoms with van der Waals surface area (Å²) in [7, 11) is -1.49. The summed E-state index contributed by atoms with van der Waals surface area (Å²) in [4.78, 5) is 105. The topological polar surface area (TPSA) is 367 Å². The lowest BCUT2D eigenvalue weighted by Gasteiger charge is -2.45. The highest BCUT2D eigenvalue weighted by Gasteiger charge is 2.51. The quantitative estimate of drug-likeness (QED) is 0.0138. The first-order chi connectivity index (χ1) is 35.2. The number of ether oxygens (including phenoxy) is 1. The van der Waals surface area contributed by atoms with Crippen LogP contribution in [0.1, 0.15) is 94.2 Å². The van der Waals surface area contributed by atoms with E-state index in [2.05, 4.69) is 108 Å². The van der Waals surface area contributed by atoms with Gasteiger partial charge in [0.25, 0.3) is 5.78 Å². The number of ketones is 2. The predicted molar refractivity (Wildman–Crippen MR) is 288 cm³/mol. The Morgan fingerprint density at radius 1 is 0.649 bits per heavy atom. The molecule has 6 atom stereocenters. The number of hydrogen-bond donors (Lipinski definition) is 2. The number of nitrogens with one attached hydrogen (secondary N) is 2. The van der Waals surface area contributed by atoms with Crippen molar-refractivity contribution in [2.45, 2.75) is 157 Å². The lowest BCUT2D eigenvalue weighted by Crippen LogP contribution is -2.65. The van der Waals surface area contributed by atoms with E-state index in [9.17, 15) is 39.1 Å². The maximum atomic E-state index is 12.8. The largest absolute Gasteiger partial charge is 0.441 e. The Morgan fingerprint density at radius 3 is 1.35 bits per heavy atom. The monoisotopic (exact) mass is 1110 g/mol. The molecule has 0 spiro atoms. The number of amides is 4. The van der Waals surface area contributed by atoms with Gasteiger partial charge in [0.05, 0.1) is 24.2 Å². The summed E-state index contributed by atoms with van der Waals surface area (Å²) in [5, 5.41) is 13.8. The van der Waals surface area contributed by atoms with Crippen LogP contribution in [0.25, 0.3) is 31.9 Å². The fraction of sp³-hybridized carbons (Fsp3) is 0.571. The van der Waals surface area contributed by atoms with Gasteiger partial charge in [0.2, 0.25) is 17.6 Å². The minimum atomic E-state index is -2.15. The van der Waals surface area contributed by atoms with Gasteiger partial charge in [-0.2, -0.15) is 9.58 Å². The van der Waals surface area contributed by atoms with Crippen molar-refractivity contribution >= 4 is 80.6 Å². The van der Waals surface area contributed by atoms with Crippen LogP contribution in [0, 0.1) is 11.8 Å². The van der Waals surface area contributed by atoms with Crippen LogP contribution in [-0.2, 0) is 70.0 Å². The molecule has 0 radical (unpaired) electrons. The summed E-state index contributed by atoms with van der Waals surface area (Å²) in [5.41, 5.74) is 35.7. The van der Waals surface area contributed by atoms with E-state index < -0.39 is 87.6 Å². The number of benzene rings is 2. The van der Waals surface area contributed by atoms with Crippen LogP contribution in [0.15, 0.2) is 58.8 Å². The molecule has 0 aliphatic carbocycles. The fourth-order valence-corrected chi connectivity index (χ4v) is 9.53. The van der Waals surface area contributed by atoms with Crippen LogP contribution in [0.3, 0.4) is 0 Å². The van der Waals surface area contributed by atoms with Crippen molar-refractivity contribution < 1.29 is 66.4 Å². The normalized spacial score (nSPS) is 17.2. The van der Waals surface area contributed by atoms with Gasteiger partial charge in [0, 0.05) is 55.6 Å². The van der Waals surface area contributed by atoms with Crippen LogP contribution in [0.5, 0.6) is 0 Å². The van der Waals surface area contributed by atoms with Gasteiger partial charge < -0.3 is 35.3 Å². The molecule has 2 aliphatic rings. The van der Waals surface area contributed by atoms with Crippen LogP contribution < -0.4 is 10.6 Å². The summed E-state index contributed by atoms with van der Waals surface area (Å²) in [6, 6.07) is 12.4. The Hall–Kier alpha value is -7.22. The molecule has 2 aromatic carbocycles. The van der Waals surface area contributed by atoms with E-state index in [1.54, 1.807) is 48.5 Å². The van der Waals surface area contributed by atoms with Crippen molar-refractivity contribution in [3.05, 3.63) is 91.6 Å². The molecule has 4 rings (SSSR count). The fourth-order valence-electron chi connectivity index (χ4n) is 6.67. The van der Waals surface area contributed by atoms with E-state index in [4.69, 9.17) is 39.9 Å². The smallest absolute Gasteiger partial charge is 0.424 e. The highest BCUT2D eigenvalue weighted by atomic mass is 28.4. The second-order valence-electron chi connectivity index (χ2n) is 20.8. The van der Waals surface area contributed by atoms with Gasteiger partial charge >= 0.3 is 29.2 Å². The van der Waals surface area contributed by atoms with Crippen molar-refractivity contribution in [1.82, 2.24) is 20.8 Å². The third kappa shape index (κ3) is 19.7. The molecule has 28 heteroatoms. The molecule has 2 heterocycles. The van der Waals surface area contributed by atoms with Crippen LogP contribution >= 0.6 is 0 Å². The van der Waals surface area contributed by atoms with Gasteiger partial charge in [-0.1, -0.05) is 108 Å². The highest BCUT2D eigenvalue weighted by Crippen LogP contribution is 2.40. The molecule has 2 aliphatic heterocycles.